The molecule has 0 atom stereocenters. The van der Waals surface area contributed by atoms with Crippen LogP contribution in [0.5, 0.6) is 5.75 Å². The first-order valence-electron chi connectivity index (χ1n) is 9.91. The largest absolute Gasteiger partial charge is 0.489 e. The van der Waals surface area contributed by atoms with Gasteiger partial charge in [0.05, 0.1) is 43.3 Å². The first-order valence-corrected chi connectivity index (χ1v) is 9.91. The molecule has 0 aliphatic rings. The second kappa shape index (κ2) is 10.8. The molecule has 0 fully saturated rings. The lowest BCUT2D eigenvalue weighted by molar-refractivity contribution is 0.0326. The number of rotatable bonds is 11. The molecule has 0 aliphatic heterocycles. The molecule has 6 nitrogen and oxygen atoms in total. The molecule has 3 aromatic rings. The normalized spacial score (nSPS) is 11.0. The van der Waals surface area contributed by atoms with E-state index in [2.05, 4.69) is 23.1 Å². The van der Waals surface area contributed by atoms with Crippen molar-refractivity contribution in [3.63, 3.8) is 0 Å². The van der Waals surface area contributed by atoms with E-state index in [4.69, 9.17) is 24.9 Å². The summed E-state index contributed by atoms with van der Waals surface area (Å²) < 4.78 is 28.1. The molecule has 160 valence electrons. The number of pyridine rings is 1. The van der Waals surface area contributed by atoms with Gasteiger partial charge in [-0.15, -0.1) is 0 Å². The average Bonchev–Trinajstić information content (AvgIpc) is 2.76. The molecular formula is C23H28FN3O3. The average molecular weight is 413 g/mol. The summed E-state index contributed by atoms with van der Waals surface area (Å²) in [5.41, 5.74) is 10.5. The van der Waals surface area contributed by atoms with Crippen molar-refractivity contribution in [1.29, 1.82) is 0 Å². The zero-order valence-electron chi connectivity index (χ0n) is 17.4. The first kappa shape index (κ1) is 21.8. The zero-order chi connectivity index (χ0) is 21.3. The van der Waals surface area contributed by atoms with E-state index in [0.717, 1.165) is 27.8 Å². The molecule has 7 heteroatoms. The lowest BCUT2D eigenvalue weighted by atomic mass is 10.1. The lowest BCUT2D eigenvalue weighted by Gasteiger charge is -2.13. The standard InChI is InChI=1S/C23H28FN3O3/c1-27(2)19-5-8-22-17(15-19)4-7-21(26-22)18-3-6-20(25)23(16-18)30-14-13-29-12-11-28-10-9-24/h3-8,15-16H,9-14,25H2,1-2H3. The van der Waals surface area contributed by atoms with Gasteiger partial charge >= 0.3 is 0 Å². The molecule has 0 saturated carbocycles. The summed E-state index contributed by atoms with van der Waals surface area (Å²) in [6.45, 7) is 1.13. The van der Waals surface area contributed by atoms with Crippen LogP contribution in [0.25, 0.3) is 22.2 Å². The topological polar surface area (TPSA) is 69.8 Å². The number of anilines is 2. The molecule has 2 aromatic carbocycles. The molecule has 0 radical (unpaired) electrons. The number of hydrogen-bond donors (Lipinski definition) is 1. The molecule has 0 unspecified atom stereocenters. The lowest BCUT2D eigenvalue weighted by Crippen LogP contribution is -2.12. The van der Waals surface area contributed by atoms with Crippen LogP contribution >= 0.6 is 0 Å². The Morgan fingerprint density at radius 3 is 2.43 bits per heavy atom. The van der Waals surface area contributed by atoms with E-state index < -0.39 is 6.67 Å². The number of hydrogen-bond acceptors (Lipinski definition) is 6. The van der Waals surface area contributed by atoms with Crippen LogP contribution < -0.4 is 15.4 Å². The maximum atomic E-state index is 11.9. The van der Waals surface area contributed by atoms with Gasteiger partial charge in [0.1, 0.15) is 19.0 Å². The van der Waals surface area contributed by atoms with Gasteiger partial charge in [0.2, 0.25) is 0 Å². The minimum absolute atomic E-state index is 0.100. The fourth-order valence-electron chi connectivity index (χ4n) is 2.96. The van der Waals surface area contributed by atoms with Crippen molar-refractivity contribution in [3.8, 4) is 17.0 Å². The van der Waals surface area contributed by atoms with Gasteiger partial charge < -0.3 is 24.8 Å². The zero-order valence-corrected chi connectivity index (χ0v) is 17.4. The first-order chi connectivity index (χ1) is 14.6. The van der Waals surface area contributed by atoms with Crippen molar-refractivity contribution in [2.75, 3.05) is 64.4 Å². The Morgan fingerprint density at radius 1 is 0.900 bits per heavy atom. The number of nitrogens with zero attached hydrogens (tertiary/aromatic N) is 2. The molecule has 0 bridgehead atoms. The summed E-state index contributed by atoms with van der Waals surface area (Å²) in [6.07, 6.45) is 0. The predicted molar refractivity (Wildman–Crippen MR) is 119 cm³/mol. The van der Waals surface area contributed by atoms with Gasteiger partial charge in [-0.3, -0.25) is 0 Å². The molecule has 2 N–H and O–H groups in total. The number of nitrogen functional groups attached to an aromatic ring is 1. The summed E-state index contributed by atoms with van der Waals surface area (Å²) in [6, 6.07) is 15.9. The van der Waals surface area contributed by atoms with Gasteiger partial charge in [0.15, 0.2) is 0 Å². The van der Waals surface area contributed by atoms with Crippen LogP contribution in [0.4, 0.5) is 15.8 Å². The van der Waals surface area contributed by atoms with Crippen LogP contribution in [-0.2, 0) is 9.47 Å². The van der Waals surface area contributed by atoms with Gasteiger partial charge in [-0.1, -0.05) is 12.1 Å². The number of ether oxygens (including phenoxy) is 3. The van der Waals surface area contributed by atoms with E-state index in [9.17, 15) is 4.39 Å². The fraction of sp³-hybridized carbons (Fsp3) is 0.348. The summed E-state index contributed by atoms with van der Waals surface area (Å²) in [5.74, 6) is 0.592. The number of fused-ring (bicyclic) bond motifs is 1. The third-order valence-electron chi connectivity index (χ3n) is 4.58. The van der Waals surface area contributed by atoms with Crippen LogP contribution in [0.1, 0.15) is 0 Å². The van der Waals surface area contributed by atoms with E-state index in [-0.39, 0.29) is 6.61 Å². The molecule has 0 aliphatic carbocycles. The smallest absolute Gasteiger partial charge is 0.142 e. The second-order valence-electron chi connectivity index (χ2n) is 6.98. The Hall–Kier alpha value is -2.90. The Bertz CT molecular complexity index is 966. The van der Waals surface area contributed by atoms with E-state index in [0.29, 0.717) is 37.9 Å². The number of nitrogens with two attached hydrogens (primary N) is 1. The molecule has 1 aromatic heterocycles. The van der Waals surface area contributed by atoms with Crippen molar-refractivity contribution in [2.45, 2.75) is 0 Å². The van der Waals surface area contributed by atoms with Gasteiger partial charge in [0, 0.05) is 30.7 Å². The van der Waals surface area contributed by atoms with Crippen molar-refractivity contribution in [1.82, 2.24) is 4.98 Å². The minimum Gasteiger partial charge on any atom is -0.489 e. The highest BCUT2D eigenvalue weighted by Crippen LogP contribution is 2.30. The predicted octanol–water partition coefficient (Wildman–Crippen LogP) is 3.93. The second-order valence-corrected chi connectivity index (χ2v) is 6.98. The van der Waals surface area contributed by atoms with Gasteiger partial charge in [-0.25, -0.2) is 9.37 Å². The van der Waals surface area contributed by atoms with E-state index in [1.54, 1.807) is 0 Å². The number of aromatic nitrogens is 1. The highest BCUT2D eigenvalue weighted by molar-refractivity contribution is 5.85. The summed E-state index contributed by atoms with van der Waals surface area (Å²) in [5, 5.41) is 1.09. The SMILES string of the molecule is CN(C)c1ccc2nc(-c3ccc(N)c(OCCOCCOCCF)c3)ccc2c1. The minimum atomic E-state index is -0.484. The highest BCUT2D eigenvalue weighted by atomic mass is 19.1. The third-order valence-corrected chi connectivity index (χ3v) is 4.58. The van der Waals surface area contributed by atoms with E-state index >= 15 is 0 Å². The van der Waals surface area contributed by atoms with E-state index in [1.807, 2.05) is 44.4 Å². The summed E-state index contributed by atoms with van der Waals surface area (Å²) in [7, 11) is 4.04. The van der Waals surface area contributed by atoms with Crippen LogP contribution in [-0.4, -0.2) is 58.8 Å². The van der Waals surface area contributed by atoms with Gasteiger partial charge in [-0.05, 0) is 36.4 Å². The Labute approximate surface area is 176 Å². The van der Waals surface area contributed by atoms with Crippen molar-refractivity contribution < 1.29 is 18.6 Å². The van der Waals surface area contributed by atoms with Crippen LogP contribution in [0, 0.1) is 0 Å². The van der Waals surface area contributed by atoms with Crippen molar-refractivity contribution in [3.05, 3.63) is 48.5 Å². The van der Waals surface area contributed by atoms with Gasteiger partial charge in [0.25, 0.3) is 0 Å². The molecule has 3 rings (SSSR count). The molecule has 1 heterocycles. The molecular weight excluding hydrogens is 385 g/mol. The quantitative estimate of drug-likeness (QED) is 0.379. The Kier molecular flexibility index (Phi) is 7.82. The van der Waals surface area contributed by atoms with E-state index in [1.165, 1.54) is 0 Å². The van der Waals surface area contributed by atoms with Crippen LogP contribution in [0.2, 0.25) is 0 Å². The summed E-state index contributed by atoms with van der Waals surface area (Å²) >= 11 is 0. The number of alkyl halides is 1. The van der Waals surface area contributed by atoms with Crippen LogP contribution in [0.15, 0.2) is 48.5 Å². The van der Waals surface area contributed by atoms with Crippen molar-refractivity contribution in [2.24, 2.45) is 0 Å². The van der Waals surface area contributed by atoms with Crippen molar-refractivity contribution >= 4 is 22.3 Å². The highest BCUT2D eigenvalue weighted by Gasteiger charge is 2.08. The third kappa shape index (κ3) is 5.81. The summed E-state index contributed by atoms with van der Waals surface area (Å²) in [4.78, 5) is 6.85. The molecule has 0 spiro atoms. The molecule has 0 saturated heterocycles. The molecule has 0 amide bonds. The van der Waals surface area contributed by atoms with Gasteiger partial charge in [-0.2, -0.15) is 0 Å². The maximum absolute atomic E-state index is 11.9. The number of benzene rings is 2. The monoisotopic (exact) mass is 413 g/mol. The maximum Gasteiger partial charge on any atom is 0.142 e. The Morgan fingerprint density at radius 2 is 1.67 bits per heavy atom. The molecule has 30 heavy (non-hydrogen) atoms. The Balaban J connectivity index is 1.63. The van der Waals surface area contributed by atoms with Crippen LogP contribution in [0.3, 0.4) is 0 Å². The fourth-order valence-corrected chi connectivity index (χ4v) is 2.96. The number of halogens is 1.